The molecule has 1 aliphatic rings. The van der Waals surface area contributed by atoms with Crippen LogP contribution in [-0.2, 0) is 14.8 Å². The van der Waals surface area contributed by atoms with Gasteiger partial charge in [-0.15, -0.1) is 0 Å². The van der Waals surface area contributed by atoms with E-state index in [4.69, 9.17) is 14.6 Å². The van der Waals surface area contributed by atoms with E-state index < -0.39 is 15.6 Å². The summed E-state index contributed by atoms with van der Waals surface area (Å²) in [6.07, 6.45) is 0. The predicted molar refractivity (Wildman–Crippen MR) is 77.8 cm³/mol. The van der Waals surface area contributed by atoms with Crippen LogP contribution in [0, 0.1) is 0 Å². The van der Waals surface area contributed by atoms with Crippen LogP contribution >= 0.6 is 0 Å². The zero-order valence-electron chi connectivity index (χ0n) is 12.3. The summed E-state index contributed by atoms with van der Waals surface area (Å²) < 4.78 is 37.5. The fraction of sp³-hybridized carbons (Fsp3) is 0.571. The molecule has 0 radical (unpaired) electrons. The van der Waals surface area contributed by atoms with E-state index in [0.29, 0.717) is 25.5 Å². The SMILES string of the molecule is CC1(C)COCCN1S(=O)(=O)c1ccc(OCCO)cc1. The van der Waals surface area contributed by atoms with Gasteiger partial charge in [-0.25, -0.2) is 8.42 Å². The van der Waals surface area contributed by atoms with Crippen LogP contribution < -0.4 is 4.74 Å². The highest BCUT2D eigenvalue weighted by molar-refractivity contribution is 7.89. The molecular weight excluding hydrogens is 294 g/mol. The Morgan fingerprint density at radius 2 is 2.00 bits per heavy atom. The summed E-state index contributed by atoms with van der Waals surface area (Å²) in [5.41, 5.74) is -0.566. The van der Waals surface area contributed by atoms with E-state index in [1.807, 2.05) is 13.8 Å². The second-order valence-corrected chi connectivity index (χ2v) is 7.35. The number of aliphatic hydroxyl groups excluding tert-OH is 1. The summed E-state index contributed by atoms with van der Waals surface area (Å²) in [7, 11) is -3.56. The van der Waals surface area contributed by atoms with E-state index in [2.05, 4.69) is 0 Å². The number of hydrogen-bond donors (Lipinski definition) is 1. The highest BCUT2D eigenvalue weighted by Gasteiger charge is 2.39. The van der Waals surface area contributed by atoms with Crippen LogP contribution in [0.5, 0.6) is 5.75 Å². The number of morpholine rings is 1. The van der Waals surface area contributed by atoms with Crippen molar-refractivity contribution in [3.05, 3.63) is 24.3 Å². The van der Waals surface area contributed by atoms with Crippen LogP contribution in [0.1, 0.15) is 13.8 Å². The van der Waals surface area contributed by atoms with Gasteiger partial charge in [0.05, 0.1) is 30.3 Å². The quantitative estimate of drug-likeness (QED) is 0.872. The highest BCUT2D eigenvalue weighted by atomic mass is 32.2. The number of sulfonamides is 1. The molecule has 2 rings (SSSR count). The molecule has 21 heavy (non-hydrogen) atoms. The van der Waals surface area contributed by atoms with E-state index >= 15 is 0 Å². The molecule has 0 amide bonds. The average molecular weight is 315 g/mol. The molecule has 1 N–H and O–H groups in total. The number of rotatable bonds is 5. The van der Waals surface area contributed by atoms with Gasteiger partial charge in [0.1, 0.15) is 12.4 Å². The summed E-state index contributed by atoms with van der Waals surface area (Å²) in [6, 6.07) is 6.23. The summed E-state index contributed by atoms with van der Waals surface area (Å²) in [5.74, 6) is 0.532. The molecule has 0 aromatic heterocycles. The lowest BCUT2D eigenvalue weighted by Crippen LogP contribution is -2.55. The van der Waals surface area contributed by atoms with Crippen LogP contribution in [0.4, 0.5) is 0 Å². The third-order valence-corrected chi connectivity index (χ3v) is 5.47. The number of aliphatic hydroxyl groups is 1. The molecule has 1 saturated heterocycles. The van der Waals surface area contributed by atoms with Crippen LogP contribution in [0.3, 0.4) is 0 Å². The van der Waals surface area contributed by atoms with Crippen molar-refractivity contribution in [2.75, 3.05) is 33.0 Å². The first-order valence-corrected chi connectivity index (χ1v) is 8.26. The Labute approximate surface area is 125 Å². The molecule has 6 nitrogen and oxygen atoms in total. The molecule has 1 aliphatic heterocycles. The summed E-state index contributed by atoms with van der Waals surface area (Å²) >= 11 is 0. The predicted octanol–water partition coefficient (Wildman–Crippen LogP) is 0.857. The van der Waals surface area contributed by atoms with E-state index in [-0.39, 0.29) is 18.1 Å². The Bertz CT molecular complexity index is 568. The number of hydrogen-bond acceptors (Lipinski definition) is 5. The Balaban J connectivity index is 2.22. The molecule has 1 heterocycles. The van der Waals surface area contributed by atoms with Gasteiger partial charge in [0, 0.05) is 6.54 Å². The molecule has 118 valence electrons. The first kappa shape index (κ1) is 16.2. The molecule has 0 aliphatic carbocycles. The largest absolute Gasteiger partial charge is 0.491 e. The van der Waals surface area contributed by atoms with Crippen molar-refractivity contribution in [3.8, 4) is 5.75 Å². The molecule has 1 aromatic rings. The van der Waals surface area contributed by atoms with Crippen molar-refractivity contribution in [1.82, 2.24) is 4.31 Å². The van der Waals surface area contributed by atoms with Gasteiger partial charge >= 0.3 is 0 Å². The van der Waals surface area contributed by atoms with Crippen LogP contribution in [0.15, 0.2) is 29.2 Å². The van der Waals surface area contributed by atoms with Crippen molar-refractivity contribution < 1.29 is 23.0 Å². The average Bonchev–Trinajstić information content (AvgIpc) is 2.44. The van der Waals surface area contributed by atoms with Gasteiger partial charge in [-0.3, -0.25) is 0 Å². The van der Waals surface area contributed by atoms with Crippen LogP contribution in [-0.4, -0.2) is 56.3 Å². The Kier molecular flexibility index (Phi) is 4.88. The summed E-state index contributed by atoms with van der Waals surface area (Å²) in [5, 5.41) is 8.70. The van der Waals surface area contributed by atoms with Gasteiger partial charge in [0.15, 0.2) is 0 Å². The maximum Gasteiger partial charge on any atom is 0.243 e. The first-order chi connectivity index (χ1) is 9.88. The van der Waals surface area contributed by atoms with E-state index in [0.717, 1.165) is 0 Å². The normalized spacial score (nSPS) is 19.4. The Hall–Kier alpha value is -1.15. The second kappa shape index (κ2) is 6.31. The maximum absolute atomic E-state index is 12.7. The van der Waals surface area contributed by atoms with Crippen molar-refractivity contribution in [2.24, 2.45) is 0 Å². The molecule has 0 unspecified atom stereocenters. The lowest BCUT2D eigenvalue weighted by Gasteiger charge is -2.40. The molecule has 0 atom stereocenters. The topological polar surface area (TPSA) is 76.1 Å². The summed E-state index contributed by atoms with van der Waals surface area (Å²) in [6.45, 7) is 4.93. The minimum Gasteiger partial charge on any atom is -0.491 e. The fourth-order valence-electron chi connectivity index (χ4n) is 2.29. The Morgan fingerprint density at radius 3 is 2.57 bits per heavy atom. The zero-order valence-corrected chi connectivity index (χ0v) is 13.1. The molecule has 1 aromatic carbocycles. The van der Waals surface area contributed by atoms with Gasteiger partial charge in [0.2, 0.25) is 10.0 Å². The van der Waals surface area contributed by atoms with Crippen molar-refractivity contribution >= 4 is 10.0 Å². The Morgan fingerprint density at radius 1 is 1.33 bits per heavy atom. The lowest BCUT2D eigenvalue weighted by molar-refractivity contribution is -0.00770. The highest BCUT2D eigenvalue weighted by Crippen LogP contribution is 2.28. The summed E-state index contributed by atoms with van der Waals surface area (Å²) in [4.78, 5) is 0.230. The molecule has 7 heteroatoms. The van der Waals surface area contributed by atoms with Crippen molar-refractivity contribution in [3.63, 3.8) is 0 Å². The standard InChI is InChI=1S/C14H21NO5S/c1-14(2)11-19-9-7-15(14)21(17,18)13-5-3-12(4-6-13)20-10-8-16/h3-6,16H,7-11H2,1-2H3. The van der Waals surface area contributed by atoms with Gasteiger partial charge in [-0.2, -0.15) is 4.31 Å². The number of benzene rings is 1. The van der Waals surface area contributed by atoms with E-state index in [1.54, 1.807) is 12.1 Å². The molecule has 0 saturated carbocycles. The lowest BCUT2D eigenvalue weighted by atomic mass is 10.1. The zero-order chi connectivity index (χ0) is 15.5. The van der Waals surface area contributed by atoms with Crippen molar-refractivity contribution in [1.29, 1.82) is 0 Å². The van der Waals surface area contributed by atoms with Gasteiger partial charge in [0.25, 0.3) is 0 Å². The van der Waals surface area contributed by atoms with Gasteiger partial charge in [-0.05, 0) is 38.1 Å². The first-order valence-electron chi connectivity index (χ1n) is 6.82. The fourth-order valence-corrected chi connectivity index (χ4v) is 4.04. The monoisotopic (exact) mass is 315 g/mol. The van der Waals surface area contributed by atoms with Gasteiger partial charge < -0.3 is 14.6 Å². The van der Waals surface area contributed by atoms with Crippen LogP contribution in [0.25, 0.3) is 0 Å². The molecule has 1 fully saturated rings. The minimum atomic E-state index is -3.56. The second-order valence-electron chi connectivity index (χ2n) is 5.49. The molecule has 0 bridgehead atoms. The maximum atomic E-state index is 12.7. The number of nitrogens with zero attached hydrogens (tertiary/aromatic N) is 1. The van der Waals surface area contributed by atoms with E-state index in [9.17, 15) is 8.42 Å². The third-order valence-electron chi connectivity index (χ3n) is 3.34. The van der Waals surface area contributed by atoms with E-state index in [1.165, 1.54) is 16.4 Å². The van der Waals surface area contributed by atoms with Gasteiger partial charge in [-0.1, -0.05) is 0 Å². The molecular formula is C14H21NO5S. The number of ether oxygens (including phenoxy) is 2. The van der Waals surface area contributed by atoms with Crippen LogP contribution in [0.2, 0.25) is 0 Å². The minimum absolute atomic E-state index is 0.0813. The molecule has 0 spiro atoms. The van der Waals surface area contributed by atoms with Crippen molar-refractivity contribution in [2.45, 2.75) is 24.3 Å². The third kappa shape index (κ3) is 3.55. The smallest absolute Gasteiger partial charge is 0.243 e.